The predicted molar refractivity (Wildman–Crippen MR) is 103 cm³/mol. The van der Waals surface area contributed by atoms with Gasteiger partial charge in [-0.05, 0) is 36.8 Å². The number of hydrogen-bond acceptors (Lipinski definition) is 4. The van der Waals surface area contributed by atoms with Crippen LogP contribution in [0.4, 0.5) is 0 Å². The van der Waals surface area contributed by atoms with Gasteiger partial charge in [0.1, 0.15) is 11.5 Å². The molecule has 3 rings (SSSR count). The lowest BCUT2D eigenvalue weighted by Gasteiger charge is -2.07. The van der Waals surface area contributed by atoms with E-state index in [0.29, 0.717) is 28.4 Å². The fraction of sp³-hybridized carbons (Fsp3) is 0.200. The number of benzene rings is 2. The third-order valence-corrected chi connectivity index (χ3v) is 4.97. The average Bonchev–Trinajstić information content (AvgIpc) is 2.97. The van der Waals surface area contributed by atoms with E-state index in [9.17, 15) is 4.79 Å². The third kappa shape index (κ3) is 3.35. The van der Waals surface area contributed by atoms with Crippen LogP contribution in [0.1, 0.15) is 15.9 Å². The summed E-state index contributed by atoms with van der Waals surface area (Å²) in [6.45, 7) is 2.36. The molecule has 26 heavy (non-hydrogen) atoms. The zero-order chi connectivity index (χ0) is 18.7. The second-order valence-electron chi connectivity index (χ2n) is 5.63. The van der Waals surface area contributed by atoms with Gasteiger partial charge in [0.05, 0.1) is 36.5 Å². The number of thiazole rings is 1. The van der Waals surface area contributed by atoms with Gasteiger partial charge in [0.15, 0.2) is 4.80 Å². The molecule has 5 nitrogen and oxygen atoms in total. The number of terminal acetylenes is 1. The zero-order valence-electron chi connectivity index (χ0n) is 14.8. The Labute approximate surface area is 155 Å². The Balaban J connectivity index is 2.14. The van der Waals surface area contributed by atoms with Crippen LogP contribution in [0.5, 0.6) is 11.5 Å². The molecule has 0 unspecified atom stereocenters. The lowest BCUT2D eigenvalue weighted by molar-refractivity contribution is 0.0995. The maximum atomic E-state index is 12.7. The van der Waals surface area contributed by atoms with Crippen molar-refractivity contribution >= 4 is 27.5 Å². The molecule has 1 aromatic heterocycles. The monoisotopic (exact) mass is 366 g/mol. The van der Waals surface area contributed by atoms with Gasteiger partial charge >= 0.3 is 0 Å². The van der Waals surface area contributed by atoms with Crippen LogP contribution < -0.4 is 14.3 Å². The van der Waals surface area contributed by atoms with Gasteiger partial charge < -0.3 is 14.0 Å². The molecule has 2 aromatic carbocycles. The Kier molecular flexibility index (Phi) is 5.10. The van der Waals surface area contributed by atoms with E-state index in [2.05, 4.69) is 17.0 Å². The summed E-state index contributed by atoms with van der Waals surface area (Å²) < 4.78 is 13.4. The van der Waals surface area contributed by atoms with Crippen LogP contribution in [-0.2, 0) is 6.54 Å². The molecule has 0 aliphatic rings. The van der Waals surface area contributed by atoms with Gasteiger partial charge in [-0.15, -0.1) is 6.42 Å². The molecule has 0 aliphatic heterocycles. The normalized spacial score (nSPS) is 11.4. The molecule has 1 heterocycles. The molecule has 0 atom stereocenters. The minimum absolute atomic E-state index is 0.342. The van der Waals surface area contributed by atoms with Crippen molar-refractivity contribution in [3.05, 3.63) is 52.3 Å². The molecule has 0 saturated heterocycles. The number of methoxy groups -OCH3 is 2. The van der Waals surface area contributed by atoms with Crippen molar-refractivity contribution in [1.29, 1.82) is 0 Å². The van der Waals surface area contributed by atoms with E-state index in [1.807, 2.05) is 23.6 Å². The Morgan fingerprint density at radius 1 is 1.23 bits per heavy atom. The Morgan fingerprint density at radius 2 is 2.04 bits per heavy atom. The van der Waals surface area contributed by atoms with Gasteiger partial charge in [0.2, 0.25) is 0 Å². The number of fused-ring (bicyclic) bond motifs is 1. The van der Waals surface area contributed by atoms with Crippen LogP contribution >= 0.6 is 11.3 Å². The number of hydrogen-bond donors (Lipinski definition) is 0. The van der Waals surface area contributed by atoms with E-state index in [1.165, 1.54) is 18.4 Å². The molecular weight excluding hydrogens is 348 g/mol. The number of aryl methyl sites for hydroxylation is 1. The summed E-state index contributed by atoms with van der Waals surface area (Å²) in [6.07, 6.45) is 5.50. The Hall–Kier alpha value is -3.04. The highest BCUT2D eigenvalue weighted by Gasteiger charge is 2.14. The summed E-state index contributed by atoms with van der Waals surface area (Å²) in [7, 11) is 3.06. The summed E-state index contributed by atoms with van der Waals surface area (Å²) in [5.41, 5.74) is 2.47. The summed E-state index contributed by atoms with van der Waals surface area (Å²) in [5.74, 6) is 3.26. The van der Waals surface area contributed by atoms with Crippen LogP contribution in [-0.4, -0.2) is 24.7 Å². The second-order valence-corrected chi connectivity index (χ2v) is 6.64. The van der Waals surface area contributed by atoms with Crippen molar-refractivity contribution in [1.82, 2.24) is 4.57 Å². The first-order valence-electron chi connectivity index (χ1n) is 7.92. The fourth-order valence-electron chi connectivity index (χ4n) is 2.63. The van der Waals surface area contributed by atoms with Crippen molar-refractivity contribution in [3.63, 3.8) is 0 Å². The minimum Gasteiger partial charge on any atom is -0.497 e. The fourth-order valence-corrected chi connectivity index (χ4v) is 3.76. The molecule has 132 valence electrons. The molecule has 0 N–H and O–H groups in total. The lowest BCUT2D eigenvalue weighted by Crippen LogP contribution is -2.16. The smallest absolute Gasteiger partial charge is 0.283 e. The number of amides is 1. The highest BCUT2D eigenvalue weighted by molar-refractivity contribution is 7.16. The molecule has 0 fully saturated rings. The third-order valence-electron chi connectivity index (χ3n) is 3.92. The van der Waals surface area contributed by atoms with Gasteiger partial charge in [0, 0.05) is 6.07 Å². The number of carbonyl (C=O) groups excluding carboxylic acids is 1. The van der Waals surface area contributed by atoms with Crippen LogP contribution in [0.3, 0.4) is 0 Å². The highest BCUT2D eigenvalue weighted by atomic mass is 32.1. The number of carbonyl (C=O) groups is 1. The first-order chi connectivity index (χ1) is 12.6. The van der Waals surface area contributed by atoms with Gasteiger partial charge in [-0.1, -0.05) is 23.3 Å². The van der Waals surface area contributed by atoms with Crippen LogP contribution in [0, 0.1) is 19.3 Å². The molecule has 3 aromatic rings. The molecular formula is C20H18N2O3S. The molecule has 1 amide bonds. The summed E-state index contributed by atoms with van der Waals surface area (Å²) in [6, 6.07) is 11.1. The quantitative estimate of drug-likeness (QED) is 0.665. The van der Waals surface area contributed by atoms with Gasteiger partial charge in [-0.25, -0.2) is 0 Å². The van der Waals surface area contributed by atoms with Gasteiger partial charge in [-0.3, -0.25) is 4.79 Å². The summed E-state index contributed by atoms with van der Waals surface area (Å²) in [5, 5.41) is 0. The first kappa shape index (κ1) is 17.8. The van der Waals surface area contributed by atoms with Gasteiger partial charge in [0.25, 0.3) is 5.91 Å². The SMILES string of the molecule is C#CCn1c(=NC(=O)c2ccc(OC)cc2OC)sc2cc(C)ccc21. The summed E-state index contributed by atoms with van der Waals surface area (Å²) >= 11 is 1.44. The van der Waals surface area contributed by atoms with Crippen molar-refractivity contribution in [2.24, 2.45) is 4.99 Å². The largest absolute Gasteiger partial charge is 0.497 e. The Bertz CT molecular complexity index is 1090. The van der Waals surface area contributed by atoms with E-state index < -0.39 is 5.91 Å². The molecule has 0 bridgehead atoms. The van der Waals surface area contributed by atoms with Crippen molar-refractivity contribution in [2.45, 2.75) is 13.5 Å². The van der Waals surface area contributed by atoms with E-state index >= 15 is 0 Å². The maximum absolute atomic E-state index is 12.7. The van der Waals surface area contributed by atoms with Gasteiger partial charge in [-0.2, -0.15) is 4.99 Å². The zero-order valence-corrected chi connectivity index (χ0v) is 15.6. The highest BCUT2D eigenvalue weighted by Crippen LogP contribution is 2.25. The molecule has 0 spiro atoms. The number of aromatic nitrogens is 1. The average molecular weight is 366 g/mol. The predicted octanol–water partition coefficient (Wildman–Crippen LogP) is 3.40. The van der Waals surface area contributed by atoms with Crippen molar-refractivity contribution in [3.8, 4) is 23.8 Å². The van der Waals surface area contributed by atoms with E-state index in [0.717, 1.165) is 15.8 Å². The van der Waals surface area contributed by atoms with E-state index in [4.69, 9.17) is 15.9 Å². The van der Waals surface area contributed by atoms with E-state index in [-0.39, 0.29) is 0 Å². The second kappa shape index (κ2) is 7.46. The van der Waals surface area contributed by atoms with E-state index in [1.54, 1.807) is 25.3 Å². The maximum Gasteiger partial charge on any atom is 0.283 e. The molecule has 0 saturated carbocycles. The van der Waals surface area contributed by atoms with Crippen LogP contribution in [0.25, 0.3) is 10.2 Å². The molecule has 6 heteroatoms. The minimum atomic E-state index is -0.390. The molecule has 0 radical (unpaired) electrons. The number of nitrogens with zero attached hydrogens (tertiary/aromatic N) is 2. The van der Waals surface area contributed by atoms with Crippen LogP contribution in [0.15, 0.2) is 41.4 Å². The summed E-state index contributed by atoms with van der Waals surface area (Å²) in [4.78, 5) is 17.6. The van der Waals surface area contributed by atoms with Crippen molar-refractivity contribution in [2.75, 3.05) is 14.2 Å². The molecule has 0 aliphatic carbocycles. The Morgan fingerprint density at radius 3 is 2.73 bits per heavy atom. The van der Waals surface area contributed by atoms with Crippen LogP contribution in [0.2, 0.25) is 0 Å². The van der Waals surface area contributed by atoms with Crippen molar-refractivity contribution < 1.29 is 14.3 Å². The first-order valence-corrected chi connectivity index (χ1v) is 8.73. The number of ether oxygens (including phenoxy) is 2. The number of rotatable bonds is 4. The standard InChI is InChI=1S/C20H18N2O3S/c1-5-10-22-16-9-6-13(2)11-18(16)26-20(22)21-19(23)15-8-7-14(24-3)12-17(15)25-4/h1,6-9,11-12H,10H2,2-4H3. The topological polar surface area (TPSA) is 52.8 Å². The lowest BCUT2D eigenvalue weighted by atomic mass is 10.2.